The number of carbonyl (C=O) groups excluding carboxylic acids is 2. The molecule has 1 atom stereocenters. The number of nitrogens with zero attached hydrogens (tertiary/aromatic N) is 4. The molecular weight excluding hydrogens is 484 g/mol. The van der Waals surface area contributed by atoms with Crippen LogP contribution >= 0.6 is 34.7 Å². The first kappa shape index (κ1) is 24.7. The number of aromatic nitrogens is 4. The van der Waals surface area contributed by atoms with Crippen molar-refractivity contribution in [3.05, 3.63) is 58.1 Å². The van der Waals surface area contributed by atoms with E-state index in [0.29, 0.717) is 38.1 Å². The molecule has 0 aliphatic rings. The van der Waals surface area contributed by atoms with Gasteiger partial charge in [-0.2, -0.15) is 0 Å². The lowest BCUT2D eigenvalue weighted by Crippen LogP contribution is -2.27. The summed E-state index contributed by atoms with van der Waals surface area (Å²) >= 11 is 8.67. The summed E-state index contributed by atoms with van der Waals surface area (Å²) in [5.41, 5.74) is 7.45. The van der Waals surface area contributed by atoms with Crippen molar-refractivity contribution in [1.82, 2.24) is 19.7 Å². The number of benzene rings is 1. The zero-order valence-electron chi connectivity index (χ0n) is 18.1. The predicted octanol–water partition coefficient (Wildman–Crippen LogP) is 4.50. The number of nitrogens with one attached hydrogen (secondary N) is 1. The summed E-state index contributed by atoms with van der Waals surface area (Å²) in [7, 11) is 0. The minimum atomic E-state index is -0.672. The van der Waals surface area contributed by atoms with Crippen molar-refractivity contribution in [2.75, 3.05) is 17.7 Å². The van der Waals surface area contributed by atoms with E-state index in [1.165, 1.54) is 17.8 Å². The van der Waals surface area contributed by atoms with Crippen molar-refractivity contribution < 1.29 is 14.3 Å². The van der Waals surface area contributed by atoms with Crippen molar-refractivity contribution in [2.24, 2.45) is 0 Å². The van der Waals surface area contributed by atoms with Gasteiger partial charge in [-0.3, -0.25) is 9.36 Å². The number of nitrogens with two attached hydrogens (primary N) is 1. The molecule has 0 aliphatic carbocycles. The fourth-order valence-corrected chi connectivity index (χ4v) is 5.09. The Bertz CT molecular complexity index is 1160. The molecular formula is C21H23ClN6O3S2. The zero-order valence-corrected chi connectivity index (χ0v) is 20.5. The fourth-order valence-electron chi connectivity index (χ4n) is 2.95. The van der Waals surface area contributed by atoms with E-state index in [1.54, 1.807) is 11.5 Å². The van der Waals surface area contributed by atoms with E-state index < -0.39 is 12.0 Å². The molecule has 2 heterocycles. The highest BCUT2D eigenvalue weighted by Gasteiger charge is 2.27. The van der Waals surface area contributed by atoms with Gasteiger partial charge in [-0.05, 0) is 25.0 Å². The molecule has 33 heavy (non-hydrogen) atoms. The van der Waals surface area contributed by atoms with Crippen LogP contribution in [0.2, 0.25) is 5.02 Å². The molecule has 1 amide bonds. The molecule has 0 saturated carbocycles. The highest BCUT2D eigenvalue weighted by Crippen LogP contribution is 2.31. The van der Waals surface area contributed by atoms with Crippen LogP contribution in [0.25, 0.3) is 0 Å². The molecule has 9 nitrogen and oxygen atoms in total. The Labute approximate surface area is 204 Å². The van der Waals surface area contributed by atoms with Gasteiger partial charge in [0.25, 0.3) is 0 Å². The van der Waals surface area contributed by atoms with Gasteiger partial charge < -0.3 is 15.8 Å². The first-order valence-electron chi connectivity index (χ1n) is 9.98. The van der Waals surface area contributed by atoms with Crippen LogP contribution in [0, 0.1) is 6.92 Å². The van der Waals surface area contributed by atoms with Crippen molar-refractivity contribution in [3.63, 3.8) is 0 Å². The zero-order chi connectivity index (χ0) is 24.0. The minimum absolute atomic E-state index is 0.0946. The summed E-state index contributed by atoms with van der Waals surface area (Å²) in [4.78, 5) is 29.8. The van der Waals surface area contributed by atoms with E-state index in [1.807, 2.05) is 31.2 Å². The monoisotopic (exact) mass is 506 g/mol. The van der Waals surface area contributed by atoms with Crippen LogP contribution in [0.4, 0.5) is 11.1 Å². The quantitative estimate of drug-likeness (QED) is 0.234. The number of anilines is 2. The second-order valence-corrected chi connectivity index (χ2v) is 9.17. The average molecular weight is 507 g/mol. The summed E-state index contributed by atoms with van der Waals surface area (Å²) in [5.74, 6) is -0.192. The third-order valence-corrected chi connectivity index (χ3v) is 6.96. The molecule has 0 saturated heterocycles. The number of amides is 1. The Morgan fingerprint density at radius 1 is 1.39 bits per heavy atom. The van der Waals surface area contributed by atoms with Crippen LogP contribution in [0.5, 0.6) is 0 Å². The van der Waals surface area contributed by atoms with Gasteiger partial charge in [0.15, 0.2) is 10.3 Å². The van der Waals surface area contributed by atoms with Crippen molar-refractivity contribution in [3.8, 4) is 0 Å². The van der Waals surface area contributed by atoms with Crippen LogP contribution in [0.15, 0.2) is 42.1 Å². The molecule has 1 aromatic carbocycles. The van der Waals surface area contributed by atoms with E-state index in [0.717, 1.165) is 16.9 Å². The van der Waals surface area contributed by atoms with Gasteiger partial charge in [-0.25, -0.2) is 9.78 Å². The van der Waals surface area contributed by atoms with Gasteiger partial charge in [0.1, 0.15) is 17.5 Å². The van der Waals surface area contributed by atoms with E-state index in [2.05, 4.69) is 27.1 Å². The van der Waals surface area contributed by atoms with Crippen LogP contribution < -0.4 is 11.1 Å². The van der Waals surface area contributed by atoms with Crippen LogP contribution in [-0.4, -0.2) is 38.2 Å². The summed E-state index contributed by atoms with van der Waals surface area (Å²) in [6.45, 7) is 7.15. The highest BCUT2D eigenvalue weighted by atomic mass is 35.5. The van der Waals surface area contributed by atoms with E-state index >= 15 is 0 Å². The van der Waals surface area contributed by atoms with Gasteiger partial charge in [-0.15, -0.1) is 10.2 Å². The number of carbonyl (C=O) groups is 2. The van der Waals surface area contributed by atoms with Gasteiger partial charge in [0.05, 0.1) is 5.69 Å². The molecule has 3 N–H and O–H groups in total. The number of thiazole rings is 1. The first-order valence-corrected chi connectivity index (χ1v) is 12.2. The topological polar surface area (TPSA) is 125 Å². The minimum Gasteiger partial charge on any atom is -0.457 e. The van der Waals surface area contributed by atoms with Crippen molar-refractivity contribution in [1.29, 1.82) is 0 Å². The summed E-state index contributed by atoms with van der Waals surface area (Å²) < 4.78 is 6.65. The van der Waals surface area contributed by atoms with Gasteiger partial charge in [0.2, 0.25) is 11.9 Å². The first-order chi connectivity index (χ1) is 15.8. The van der Waals surface area contributed by atoms with Crippen LogP contribution in [0.1, 0.15) is 40.3 Å². The number of nitrogen functional groups attached to an aromatic ring is 1. The SMILES string of the molecule is C=CCOC(=O)c1sc(NC(=O)C(CC)n2c(N)nnc2SCc2ccccc2Cl)nc1C. The number of thioether (sulfide) groups is 1. The maximum absolute atomic E-state index is 13.1. The highest BCUT2D eigenvalue weighted by molar-refractivity contribution is 7.98. The number of halogens is 1. The molecule has 3 rings (SSSR count). The Morgan fingerprint density at radius 3 is 2.85 bits per heavy atom. The van der Waals surface area contributed by atoms with E-state index in [-0.39, 0.29) is 18.5 Å². The van der Waals surface area contributed by atoms with Gasteiger partial charge in [0, 0.05) is 10.8 Å². The van der Waals surface area contributed by atoms with E-state index in [9.17, 15) is 9.59 Å². The lowest BCUT2D eigenvalue weighted by Gasteiger charge is -2.18. The smallest absolute Gasteiger partial charge is 0.350 e. The lowest BCUT2D eigenvalue weighted by atomic mass is 10.2. The van der Waals surface area contributed by atoms with Crippen molar-refractivity contribution in [2.45, 2.75) is 37.2 Å². The van der Waals surface area contributed by atoms with Crippen LogP contribution in [-0.2, 0) is 15.3 Å². The number of esters is 1. The molecule has 12 heteroatoms. The van der Waals surface area contributed by atoms with Gasteiger partial charge in [-0.1, -0.05) is 72.5 Å². The number of hydrogen-bond donors (Lipinski definition) is 2. The number of hydrogen-bond acceptors (Lipinski definition) is 9. The Balaban J connectivity index is 1.76. The Morgan fingerprint density at radius 2 is 2.15 bits per heavy atom. The number of ether oxygens (including phenoxy) is 1. The predicted molar refractivity (Wildman–Crippen MR) is 131 cm³/mol. The molecule has 2 aromatic heterocycles. The van der Waals surface area contributed by atoms with Crippen molar-refractivity contribution >= 4 is 57.7 Å². The third-order valence-electron chi connectivity index (χ3n) is 4.55. The summed E-state index contributed by atoms with van der Waals surface area (Å²) in [5, 5.41) is 12.3. The maximum Gasteiger partial charge on any atom is 0.350 e. The molecule has 0 aliphatic heterocycles. The Hall–Kier alpha value is -2.89. The normalized spacial score (nSPS) is 11.7. The fraction of sp³-hybridized carbons (Fsp3) is 0.286. The number of aryl methyl sites for hydroxylation is 1. The van der Waals surface area contributed by atoms with E-state index in [4.69, 9.17) is 22.1 Å². The standard InChI is InChI=1S/C21H23ClN6O3S2/c1-4-10-31-18(30)16-12(3)24-20(33-16)25-17(29)15(5-2)28-19(23)26-27-21(28)32-11-13-8-6-7-9-14(13)22/h4,6-9,15H,1,5,10-11H2,2-3H3,(H2,23,26)(H,24,25,29). The molecule has 0 spiro atoms. The second kappa shape index (κ2) is 11.3. The second-order valence-electron chi connectivity index (χ2n) is 6.82. The molecule has 0 bridgehead atoms. The van der Waals surface area contributed by atoms with Gasteiger partial charge >= 0.3 is 5.97 Å². The Kier molecular flexibility index (Phi) is 8.48. The third kappa shape index (κ3) is 5.92. The largest absolute Gasteiger partial charge is 0.457 e. The average Bonchev–Trinajstić information content (AvgIpc) is 3.34. The molecule has 0 radical (unpaired) electrons. The number of rotatable bonds is 10. The van der Waals surface area contributed by atoms with Crippen LogP contribution in [0.3, 0.4) is 0 Å². The molecule has 0 fully saturated rings. The molecule has 174 valence electrons. The molecule has 1 unspecified atom stereocenters. The summed E-state index contributed by atoms with van der Waals surface area (Å²) in [6, 6.07) is 6.83. The maximum atomic E-state index is 13.1. The summed E-state index contributed by atoms with van der Waals surface area (Å²) in [6.07, 6.45) is 1.92. The lowest BCUT2D eigenvalue weighted by molar-refractivity contribution is -0.119. The molecule has 3 aromatic rings.